The van der Waals surface area contributed by atoms with Crippen molar-refractivity contribution in [3.8, 4) is 0 Å². The third-order valence-corrected chi connectivity index (χ3v) is 5.15. The zero-order chi connectivity index (χ0) is 21.3. The van der Waals surface area contributed by atoms with Gasteiger partial charge in [0.05, 0.1) is 10.7 Å². The number of benzene rings is 3. The fourth-order valence-corrected chi connectivity index (χ4v) is 3.43. The van der Waals surface area contributed by atoms with Gasteiger partial charge < -0.3 is 15.0 Å². The van der Waals surface area contributed by atoms with E-state index in [-0.39, 0.29) is 17.7 Å². The number of hydrogen-bond acceptors (Lipinski definition) is 3. The van der Waals surface area contributed by atoms with E-state index < -0.39 is 0 Å². The summed E-state index contributed by atoms with van der Waals surface area (Å²) in [5, 5.41) is 3.80. The molecule has 7 heteroatoms. The molecule has 0 radical (unpaired) electrons. The molecule has 0 saturated heterocycles. The zero-order valence-corrected chi connectivity index (χ0v) is 18.4. The van der Waals surface area contributed by atoms with Crippen LogP contribution >= 0.6 is 35.4 Å². The Kier molecular flexibility index (Phi) is 8.08. The van der Waals surface area contributed by atoms with Crippen molar-refractivity contribution in [3.05, 3.63) is 100 Å². The molecule has 0 heterocycles. The molecule has 0 saturated carbocycles. The SMILES string of the molecule is O=C(COC(=S)N(Cc1ccccc1)Cc1ccccc1)Nc1ccc(Cl)cc1Cl. The predicted octanol–water partition coefficient (Wildman–Crippen LogP) is 5.94. The van der Waals surface area contributed by atoms with E-state index in [1.165, 1.54) is 0 Å². The number of hydrogen-bond donors (Lipinski definition) is 1. The largest absolute Gasteiger partial charge is 0.461 e. The zero-order valence-electron chi connectivity index (χ0n) is 16.1. The summed E-state index contributed by atoms with van der Waals surface area (Å²) < 4.78 is 5.62. The van der Waals surface area contributed by atoms with Crippen LogP contribution in [0.1, 0.15) is 11.1 Å². The van der Waals surface area contributed by atoms with Crippen molar-refractivity contribution < 1.29 is 9.53 Å². The summed E-state index contributed by atoms with van der Waals surface area (Å²) in [4.78, 5) is 14.2. The summed E-state index contributed by atoms with van der Waals surface area (Å²) in [6, 6.07) is 24.8. The molecule has 30 heavy (non-hydrogen) atoms. The average Bonchev–Trinajstić information content (AvgIpc) is 2.75. The molecule has 0 bridgehead atoms. The number of carbonyl (C=O) groups excluding carboxylic acids is 1. The number of halogens is 2. The highest BCUT2D eigenvalue weighted by Crippen LogP contribution is 2.25. The van der Waals surface area contributed by atoms with Crippen molar-refractivity contribution in [2.24, 2.45) is 0 Å². The Labute approximate surface area is 191 Å². The maximum absolute atomic E-state index is 12.3. The quantitative estimate of drug-likeness (QED) is 0.445. The van der Waals surface area contributed by atoms with Crippen LogP contribution in [-0.4, -0.2) is 22.6 Å². The van der Waals surface area contributed by atoms with Gasteiger partial charge in [-0.05, 0) is 41.5 Å². The summed E-state index contributed by atoms with van der Waals surface area (Å²) in [5.74, 6) is -0.360. The first kappa shape index (κ1) is 22.1. The van der Waals surface area contributed by atoms with Crippen LogP contribution in [0.5, 0.6) is 0 Å². The van der Waals surface area contributed by atoms with Crippen LogP contribution in [0.3, 0.4) is 0 Å². The second kappa shape index (κ2) is 11.0. The van der Waals surface area contributed by atoms with Crippen LogP contribution in [0.2, 0.25) is 10.0 Å². The van der Waals surface area contributed by atoms with Crippen molar-refractivity contribution in [2.45, 2.75) is 13.1 Å². The molecule has 1 N–H and O–H groups in total. The highest BCUT2D eigenvalue weighted by Gasteiger charge is 2.15. The molecule has 4 nitrogen and oxygen atoms in total. The lowest BCUT2D eigenvalue weighted by Crippen LogP contribution is -2.32. The summed E-state index contributed by atoms with van der Waals surface area (Å²) in [5.41, 5.74) is 2.65. The third kappa shape index (κ3) is 6.73. The van der Waals surface area contributed by atoms with E-state index in [0.717, 1.165) is 11.1 Å². The van der Waals surface area contributed by atoms with E-state index in [4.69, 9.17) is 40.2 Å². The van der Waals surface area contributed by atoms with Gasteiger partial charge in [-0.3, -0.25) is 4.79 Å². The number of carbonyl (C=O) groups is 1. The van der Waals surface area contributed by atoms with E-state index in [1.54, 1.807) is 18.2 Å². The Bertz CT molecular complexity index is 959. The summed E-state index contributed by atoms with van der Waals surface area (Å²) in [7, 11) is 0. The van der Waals surface area contributed by atoms with E-state index >= 15 is 0 Å². The van der Waals surface area contributed by atoms with Gasteiger partial charge in [-0.25, -0.2) is 0 Å². The van der Waals surface area contributed by atoms with Crippen molar-refractivity contribution in [1.29, 1.82) is 0 Å². The minimum atomic E-state index is -0.360. The van der Waals surface area contributed by atoms with Crippen LogP contribution in [0.25, 0.3) is 0 Å². The monoisotopic (exact) mass is 458 g/mol. The smallest absolute Gasteiger partial charge is 0.262 e. The van der Waals surface area contributed by atoms with Crippen LogP contribution in [-0.2, 0) is 22.6 Å². The number of amides is 1. The Morgan fingerprint density at radius 1 is 0.900 bits per heavy atom. The van der Waals surface area contributed by atoms with Crippen LogP contribution in [0, 0.1) is 0 Å². The first-order valence-electron chi connectivity index (χ1n) is 9.26. The Balaban J connectivity index is 1.62. The predicted molar refractivity (Wildman–Crippen MR) is 126 cm³/mol. The molecule has 0 aliphatic carbocycles. The van der Waals surface area contributed by atoms with Gasteiger partial charge in [-0.15, -0.1) is 0 Å². The molecular weight excluding hydrogens is 439 g/mol. The third-order valence-electron chi connectivity index (χ3n) is 4.22. The Hall–Kier alpha value is -2.60. The van der Waals surface area contributed by atoms with E-state index in [9.17, 15) is 4.79 Å². The minimum Gasteiger partial charge on any atom is -0.461 e. The molecule has 0 atom stereocenters. The normalized spacial score (nSPS) is 10.3. The highest BCUT2D eigenvalue weighted by molar-refractivity contribution is 7.80. The van der Waals surface area contributed by atoms with Crippen molar-refractivity contribution in [1.82, 2.24) is 4.90 Å². The molecule has 0 fully saturated rings. The van der Waals surface area contributed by atoms with Gasteiger partial charge in [0.15, 0.2) is 6.61 Å². The van der Waals surface area contributed by atoms with Gasteiger partial charge in [0, 0.05) is 18.1 Å². The van der Waals surface area contributed by atoms with Crippen molar-refractivity contribution in [2.75, 3.05) is 11.9 Å². The van der Waals surface area contributed by atoms with Crippen molar-refractivity contribution in [3.63, 3.8) is 0 Å². The molecule has 0 aromatic heterocycles. The molecule has 0 unspecified atom stereocenters. The van der Waals surface area contributed by atoms with Gasteiger partial charge in [0.25, 0.3) is 11.1 Å². The number of ether oxygens (including phenoxy) is 1. The average molecular weight is 459 g/mol. The molecule has 3 aromatic rings. The number of nitrogens with zero attached hydrogens (tertiary/aromatic N) is 1. The van der Waals surface area contributed by atoms with Gasteiger partial charge >= 0.3 is 0 Å². The lowest BCUT2D eigenvalue weighted by molar-refractivity contribution is -0.118. The fourth-order valence-electron chi connectivity index (χ4n) is 2.79. The van der Waals surface area contributed by atoms with Crippen LogP contribution in [0.15, 0.2) is 78.9 Å². The topological polar surface area (TPSA) is 41.6 Å². The highest BCUT2D eigenvalue weighted by atomic mass is 35.5. The summed E-state index contributed by atoms with van der Waals surface area (Å²) in [6.45, 7) is 0.913. The lowest BCUT2D eigenvalue weighted by Gasteiger charge is -2.25. The molecule has 0 aliphatic heterocycles. The van der Waals surface area contributed by atoms with Crippen LogP contribution in [0.4, 0.5) is 5.69 Å². The molecule has 3 rings (SSSR count). The first-order chi connectivity index (χ1) is 14.5. The van der Waals surface area contributed by atoms with E-state index in [1.807, 2.05) is 65.6 Å². The number of nitrogens with one attached hydrogen (secondary N) is 1. The lowest BCUT2D eigenvalue weighted by atomic mass is 10.2. The van der Waals surface area contributed by atoms with Gasteiger partial charge in [0.2, 0.25) is 0 Å². The molecule has 3 aromatic carbocycles. The second-order valence-corrected chi connectivity index (χ2v) is 7.75. The van der Waals surface area contributed by atoms with Gasteiger partial charge in [0.1, 0.15) is 0 Å². The molecule has 0 aliphatic rings. The number of rotatable bonds is 7. The van der Waals surface area contributed by atoms with E-state index in [2.05, 4.69) is 5.32 Å². The van der Waals surface area contributed by atoms with Gasteiger partial charge in [-0.1, -0.05) is 83.9 Å². The van der Waals surface area contributed by atoms with Crippen molar-refractivity contribution >= 4 is 52.2 Å². The number of anilines is 1. The maximum Gasteiger partial charge on any atom is 0.262 e. The Morgan fingerprint density at radius 2 is 1.47 bits per heavy atom. The standard InChI is InChI=1S/C23H20Cl2N2O2S/c24-19-11-12-21(20(25)13-19)26-22(28)16-29-23(30)27(14-17-7-3-1-4-8-17)15-18-9-5-2-6-10-18/h1-13H,14-16H2,(H,26,28). The molecule has 0 spiro atoms. The second-order valence-electron chi connectivity index (χ2n) is 6.55. The first-order valence-corrected chi connectivity index (χ1v) is 10.4. The molecule has 1 amide bonds. The fraction of sp³-hybridized carbons (Fsp3) is 0.130. The van der Waals surface area contributed by atoms with Gasteiger partial charge in [-0.2, -0.15) is 0 Å². The molecular formula is C23H20Cl2N2O2S. The summed E-state index contributed by atoms with van der Waals surface area (Å²) >= 11 is 17.5. The Morgan fingerprint density at radius 3 is 2.00 bits per heavy atom. The minimum absolute atomic E-state index is 0.224. The van der Waals surface area contributed by atoms with Crippen LogP contribution < -0.4 is 5.32 Å². The maximum atomic E-state index is 12.3. The van der Waals surface area contributed by atoms with E-state index in [0.29, 0.717) is 28.8 Å². The molecule has 154 valence electrons. The summed E-state index contributed by atoms with van der Waals surface area (Å²) in [6.07, 6.45) is 0. The number of thiocarbonyl (C=S) groups is 1.